The highest BCUT2D eigenvalue weighted by Gasteiger charge is 2.18. The third-order valence-corrected chi connectivity index (χ3v) is 4.16. The van der Waals surface area contributed by atoms with Crippen LogP contribution in [0.15, 0.2) is 24.3 Å². The molecule has 0 bridgehead atoms. The summed E-state index contributed by atoms with van der Waals surface area (Å²) in [5, 5.41) is 2.61. The van der Waals surface area contributed by atoms with E-state index in [2.05, 4.69) is 10.3 Å². The van der Waals surface area contributed by atoms with E-state index in [9.17, 15) is 9.18 Å². The summed E-state index contributed by atoms with van der Waals surface area (Å²) in [6.45, 7) is 0. The van der Waals surface area contributed by atoms with Gasteiger partial charge in [0.2, 0.25) is 5.95 Å². The van der Waals surface area contributed by atoms with Gasteiger partial charge in [0.05, 0.1) is 4.88 Å². The summed E-state index contributed by atoms with van der Waals surface area (Å²) >= 11 is 1.52. The van der Waals surface area contributed by atoms with Crippen molar-refractivity contribution in [3.63, 3.8) is 0 Å². The molecule has 0 saturated heterocycles. The number of pyridine rings is 1. The second-order valence-corrected chi connectivity index (χ2v) is 5.35. The number of carbonyl (C=O) groups excluding carboxylic acids is 1. The summed E-state index contributed by atoms with van der Waals surface area (Å²) < 4.78 is 12.9. The van der Waals surface area contributed by atoms with Gasteiger partial charge in [-0.25, -0.2) is 4.98 Å². The molecule has 1 amide bonds. The van der Waals surface area contributed by atoms with Crippen molar-refractivity contribution < 1.29 is 9.18 Å². The van der Waals surface area contributed by atoms with E-state index < -0.39 is 5.95 Å². The molecule has 0 unspecified atom stereocenters. The number of aromatic nitrogens is 1. The lowest BCUT2D eigenvalue weighted by Crippen LogP contribution is -2.11. The van der Waals surface area contributed by atoms with E-state index in [-0.39, 0.29) is 11.7 Å². The van der Waals surface area contributed by atoms with E-state index in [1.807, 2.05) is 6.07 Å². The molecular weight excluding hydrogens is 251 g/mol. The van der Waals surface area contributed by atoms with E-state index in [0.717, 1.165) is 12.8 Å². The second-order valence-electron chi connectivity index (χ2n) is 4.21. The van der Waals surface area contributed by atoms with Crippen LogP contribution >= 0.6 is 11.3 Å². The smallest absolute Gasteiger partial charge is 0.266 e. The highest BCUT2D eigenvalue weighted by molar-refractivity contribution is 7.14. The van der Waals surface area contributed by atoms with Crippen LogP contribution in [-0.4, -0.2) is 10.9 Å². The molecule has 0 aliphatic heterocycles. The predicted molar refractivity (Wildman–Crippen MR) is 68.5 cm³/mol. The van der Waals surface area contributed by atoms with Crippen LogP contribution in [0.5, 0.6) is 0 Å². The zero-order chi connectivity index (χ0) is 12.5. The summed E-state index contributed by atoms with van der Waals surface area (Å²) in [5.41, 5.74) is 1.28. The lowest BCUT2D eigenvalue weighted by atomic mass is 10.2. The minimum absolute atomic E-state index is 0.215. The molecule has 3 rings (SSSR count). The Balaban J connectivity index is 1.78. The Morgan fingerprint density at radius 3 is 3.06 bits per heavy atom. The Bertz CT molecular complexity index is 587. The van der Waals surface area contributed by atoms with E-state index in [1.165, 1.54) is 40.3 Å². The first-order valence-electron chi connectivity index (χ1n) is 5.78. The third-order valence-electron chi connectivity index (χ3n) is 2.93. The average molecular weight is 262 g/mol. The molecule has 1 aliphatic rings. The number of nitrogens with one attached hydrogen (secondary N) is 1. The van der Waals surface area contributed by atoms with Crippen molar-refractivity contribution in [2.75, 3.05) is 5.32 Å². The molecule has 1 aliphatic carbocycles. The van der Waals surface area contributed by atoms with E-state index in [0.29, 0.717) is 4.88 Å². The van der Waals surface area contributed by atoms with Gasteiger partial charge in [-0.3, -0.25) is 4.79 Å². The summed E-state index contributed by atoms with van der Waals surface area (Å²) in [5.74, 6) is -0.567. The van der Waals surface area contributed by atoms with Crippen LogP contribution < -0.4 is 5.32 Å². The lowest BCUT2D eigenvalue weighted by Gasteiger charge is -2.02. The average Bonchev–Trinajstić information content (AvgIpc) is 2.88. The minimum atomic E-state index is -0.596. The topological polar surface area (TPSA) is 42.0 Å². The van der Waals surface area contributed by atoms with Gasteiger partial charge in [0.15, 0.2) is 0 Å². The van der Waals surface area contributed by atoms with Crippen LogP contribution in [0.1, 0.15) is 26.5 Å². The van der Waals surface area contributed by atoms with Crippen molar-refractivity contribution in [3.8, 4) is 0 Å². The standard InChI is InChI=1S/C13H11FN2OS/c14-11-5-2-6-12(15-11)16-13(17)10-7-8-3-1-4-9(8)18-10/h2,5-7H,1,3-4H2,(H,15,16,17). The first kappa shape index (κ1) is 11.3. The molecule has 92 valence electrons. The first-order chi connectivity index (χ1) is 8.72. The van der Waals surface area contributed by atoms with Crippen molar-refractivity contribution in [1.82, 2.24) is 4.98 Å². The highest BCUT2D eigenvalue weighted by atomic mass is 32.1. The number of amides is 1. The number of fused-ring (bicyclic) bond motifs is 1. The number of hydrogen-bond acceptors (Lipinski definition) is 3. The number of hydrogen-bond donors (Lipinski definition) is 1. The van der Waals surface area contributed by atoms with Crippen molar-refractivity contribution in [2.24, 2.45) is 0 Å². The maximum Gasteiger partial charge on any atom is 0.266 e. The van der Waals surface area contributed by atoms with Crippen LogP contribution in [0.2, 0.25) is 0 Å². The van der Waals surface area contributed by atoms with Gasteiger partial charge in [0.25, 0.3) is 5.91 Å². The monoisotopic (exact) mass is 262 g/mol. The molecule has 0 atom stereocenters. The van der Waals surface area contributed by atoms with E-state index in [4.69, 9.17) is 0 Å². The number of anilines is 1. The van der Waals surface area contributed by atoms with Crippen molar-refractivity contribution in [3.05, 3.63) is 45.5 Å². The summed E-state index contributed by atoms with van der Waals surface area (Å²) in [4.78, 5) is 17.5. The zero-order valence-corrected chi connectivity index (χ0v) is 10.4. The van der Waals surface area contributed by atoms with Gasteiger partial charge in [-0.2, -0.15) is 4.39 Å². The number of thiophene rings is 1. The molecule has 1 N–H and O–H groups in total. The Kier molecular flexibility index (Phi) is 2.83. The minimum Gasteiger partial charge on any atom is -0.306 e. The highest BCUT2D eigenvalue weighted by Crippen LogP contribution is 2.30. The molecule has 18 heavy (non-hydrogen) atoms. The molecule has 2 heterocycles. The normalized spacial score (nSPS) is 13.4. The summed E-state index contributed by atoms with van der Waals surface area (Å²) in [6, 6.07) is 6.27. The zero-order valence-electron chi connectivity index (χ0n) is 9.57. The quantitative estimate of drug-likeness (QED) is 0.845. The summed E-state index contributed by atoms with van der Waals surface area (Å²) in [7, 11) is 0. The molecule has 0 radical (unpaired) electrons. The molecule has 0 fully saturated rings. The van der Waals surface area contributed by atoms with Crippen LogP contribution in [0.4, 0.5) is 10.2 Å². The fourth-order valence-electron chi connectivity index (χ4n) is 2.10. The number of aryl methyl sites for hydroxylation is 2. The number of halogens is 1. The van der Waals surface area contributed by atoms with Crippen LogP contribution in [0, 0.1) is 5.95 Å². The van der Waals surface area contributed by atoms with Gasteiger partial charge < -0.3 is 5.32 Å². The Hall–Kier alpha value is -1.75. The van der Waals surface area contributed by atoms with Crippen molar-refractivity contribution >= 4 is 23.1 Å². The molecule has 5 heteroatoms. The lowest BCUT2D eigenvalue weighted by molar-refractivity contribution is 0.103. The van der Waals surface area contributed by atoms with Crippen molar-refractivity contribution in [2.45, 2.75) is 19.3 Å². The Labute approximate surface area is 108 Å². The summed E-state index contributed by atoms with van der Waals surface area (Å²) in [6.07, 6.45) is 3.29. The molecule has 2 aromatic heterocycles. The number of nitrogens with zero attached hydrogens (tertiary/aromatic N) is 1. The number of carbonyl (C=O) groups is 1. The fourth-order valence-corrected chi connectivity index (χ4v) is 3.25. The van der Waals surface area contributed by atoms with Crippen LogP contribution in [0.3, 0.4) is 0 Å². The predicted octanol–water partition coefficient (Wildman–Crippen LogP) is 3.02. The third kappa shape index (κ3) is 2.13. The molecule has 2 aromatic rings. The number of rotatable bonds is 2. The van der Waals surface area contributed by atoms with Crippen LogP contribution in [-0.2, 0) is 12.8 Å². The maximum absolute atomic E-state index is 12.9. The Morgan fingerprint density at radius 1 is 1.39 bits per heavy atom. The van der Waals surface area contributed by atoms with Gasteiger partial charge >= 0.3 is 0 Å². The van der Waals surface area contributed by atoms with Crippen LogP contribution in [0.25, 0.3) is 0 Å². The molecule has 0 saturated carbocycles. The first-order valence-corrected chi connectivity index (χ1v) is 6.59. The van der Waals surface area contributed by atoms with Gasteiger partial charge in [-0.05, 0) is 43.0 Å². The van der Waals surface area contributed by atoms with Gasteiger partial charge in [0.1, 0.15) is 5.82 Å². The molecule has 3 nitrogen and oxygen atoms in total. The Morgan fingerprint density at radius 2 is 2.28 bits per heavy atom. The molecule has 0 spiro atoms. The van der Waals surface area contributed by atoms with Gasteiger partial charge in [-0.1, -0.05) is 6.07 Å². The largest absolute Gasteiger partial charge is 0.306 e. The van der Waals surface area contributed by atoms with Crippen molar-refractivity contribution in [1.29, 1.82) is 0 Å². The van der Waals surface area contributed by atoms with E-state index in [1.54, 1.807) is 6.07 Å². The molecule has 0 aromatic carbocycles. The fraction of sp³-hybridized carbons (Fsp3) is 0.231. The second kappa shape index (κ2) is 4.49. The van der Waals surface area contributed by atoms with Gasteiger partial charge in [-0.15, -0.1) is 11.3 Å². The SMILES string of the molecule is O=C(Nc1cccc(F)n1)c1cc2c(s1)CCC2. The van der Waals surface area contributed by atoms with E-state index >= 15 is 0 Å². The van der Waals surface area contributed by atoms with Gasteiger partial charge in [0, 0.05) is 4.88 Å². The maximum atomic E-state index is 12.9. The molecular formula is C13H11FN2OS.